The fourth-order valence-electron chi connectivity index (χ4n) is 3.00. The van der Waals surface area contributed by atoms with E-state index in [9.17, 15) is 9.59 Å². The number of aromatic nitrogens is 1. The highest BCUT2D eigenvalue weighted by Gasteiger charge is 2.34. The summed E-state index contributed by atoms with van der Waals surface area (Å²) in [4.78, 5) is 26.9. The summed E-state index contributed by atoms with van der Waals surface area (Å²) in [6.45, 7) is 0. The van der Waals surface area contributed by atoms with E-state index in [-0.39, 0.29) is 10.7 Å². The highest BCUT2D eigenvalue weighted by Crippen LogP contribution is 2.25. The van der Waals surface area contributed by atoms with Gasteiger partial charge in [0, 0.05) is 27.1 Å². The van der Waals surface area contributed by atoms with Gasteiger partial charge in [-0.1, -0.05) is 33.6 Å². The molecule has 0 saturated carbocycles. The van der Waals surface area contributed by atoms with Crippen molar-refractivity contribution >= 4 is 68.4 Å². The Balaban J connectivity index is 1.75. The lowest BCUT2D eigenvalue weighted by atomic mass is 10.1. The molecule has 1 aromatic heterocycles. The van der Waals surface area contributed by atoms with Crippen LogP contribution in [0.3, 0.4) is 0 Å². The summed E-state index contributed by atoms with van der Waals surface area (Å²) in [5.74, 6) is -1.05. The molecule has 1 fully saturated rings. The number of carbonyl (C=O) groups excluding carboxylic acids is 2. The zero-order chi connectivity index (χ0) is 20.5. The Morgan fingerprint density at radius 3 is 2.48 bits per heavy atom. The molecule has 2 heterocycles. The van der Waals surface area contributed by atoms with Gasteiger partial charge in [-0.15, -0.1) is 0 Å². The lowest BCUT2D eigenvalue weighted by molar-refractivity contribution is -0.122. The molecular weight excluding hydrogens is 474 g/mol. The molecule has 1 saturated heterocycles. The van der Waals surface area contributed by atoms with E-state index >= 15 is 0 Å². The van der Waals surface area contributed by atoms with Crippen LogP contribution in [0.5, 0.6) is 0 Å². The van der Waals surface area contributed by atoms with Crippen LogP contribution in [-0.2, 0) is 9.59 Å². The van der Waals surface area contributed by atoms with Crippen LogP contribution in [0, 0.1) is 0 Å². The van der Waals surface area contributed by atoms with Crippen molar-refractivity contribution in [1.29, 1.82) is 0 Å². The van der Waals surface area contributed by atoms with Crippen molar-refractivity contribution in [2.75, 3.05) is 4.90 Å². The number of anilines is 1. The second kappa shape index (κ2) is 7.94. The van der Waals surface area contributed by atoms with Crippen LogP contribution in [0.2, 0.25) is 5.02 Å². The number of rotatable bonds is 3. The first-order valence-electron chi connectivity index (χ1n) is 8.54. The number of thiocarbonyl (C=S) groups is 1. The van der Waals surface area contributed by atoms with Crippen molar-refractivity contribution in [2.24, 2.45) is 0 Å². The maximum atomic E-state index is 13.1. The molecule has 1 N–H and O–H groups in total. The van der Waals surface area contributed by atoms with Gasteiger partial charge in [-0.05, 0) is 72.9 Å². The van der Waals surface area contributed by atoms with E-state index in [1.54, 1.807) is 30.3 Å². The Hall–Kier alpha value is -2.74. The molecule has 29 heavy (non-hydrogen) atoms. The summed E-state index contributed by atoms with van der Waals surface area (Å²) in [6, 6.07) is 18.1. The first-order chi connectivity index (χ1) is 13.9. The van der Waals surface area contributed by atoms with Gasteiger partial charge in [-0.2, -0.15) is 0 Å². The van der Waals surface area contributed by atoms with Gasteiger partial charge in [-0.25, -0.2) is 0 Å². The zero-order valence-corrected chi connectivity index (χ0v) is 18.0. The van der Waals surface area contributed by atoms with Crippen molar-refractivity contribution in [2.45, 2.75) is 0 Å². The molecule has 4 rings (SSSR count). The van der Waals surface area contributed by atoms with E-state index in [0.717, 1.165) is 10.2 Å². The topological polar surface area (TPSA) is 54.3 Å². The van der Waals surface area contributed by atoms with Gasteiger partial charge in [0.05, 0.1) is 5.69 Å². The number of carbonyl (C=O) groups is 2. The summed E-state index contributed by atoms with van der Waals surface area (Å²) in [5.41, 5.74) is 2.05. The molecule has 8 heteroatoms. The van der Waals surface area contributed by atoms with Gasteiger partial charge in [0.25, 0.3) is 11.8 Å². The summed E-state index contributed by atoms with van der Waals surface area (Å²) >= 11 is 14.7. The number of nitrogens with one attached hydrogen (secondary N) is 1. The normalized spacial score (nSPS) is 15.7. The molecule has 3 aromatic rings. The van der Waals surface area contributed by atoms with Gasteiger partial charge >= 0.3 is 0 Å². The van der Waals surface area contributed by atoms with Gasteiger partial charge in [0.2, 0.25) is 0 Å². The van der Waals surface area contributed by atoms with Crippen molar-refractivity contribution in [3.8, 4) is 5.69 Å². The SMILES string of the molecule is O=C1NC(=S)N(c2cccc(Cl)c2)C(=O)/C1=C/c1cccn1-c1ccc(Br)cc1. The molecule has 1 aliphatic rings. The third-order valence-corrected chi connectivity index (χ3v) is 5.39. The van der Waals surface area contributed by atoms with Crippen LogP contribution < -0.4 is 10.2 Å². The molecule has 2 aromatic carbocycles. The Labute approximate surface area is 185 Å². The molecule has 0 radical (unpaired) electrons. The molecule has 0 bridgehead atoms. The van der Waals surface area contributed by atoms with Crippen molar-refractivity contribution in [1.82, 2.24) is 9.88 Å². The zero-order valence-electron chi connectivity index (χ0n) is 14.8. The van der Waals surface area contributed by atoms with Crippen LogP contribution >= 0.6 is 39.7 Å². The Kier molecular flexibility index (Phi) is 5.36. The highest BCUT2D eigenvalue weighted by atomic mass is 79.9. The molecule has 0 spiro atoms. The minimum Gasteiger partial charge on any atom is -0.317 e. The van der Waals surface area contributed by atoms with E-state index in [1.807, 2.05) is 47.2 Å². The molecule has 2 amide bonds. The molecule has 144 valence electrons. The number of halogens is 2. The summed E-state index contributed by atoms with van der Waals surface area (Å²) in [7, 11) is 0. The van der Waals surface area contributed by atoms with Gasteiger partial charge in [0.15, 0.2) is 5.11 Å². The molecule has 0 atom stereocenters. The lowest BCUT2D eigenvalue weighted by Gasteiger charge is -2.29. The van der Waals surface area contributed by atoms with Gasteiger partial charge < -0.3 is 4.57 Å². The molecule has 1 aliphatic heterocycles. The third kappa shape index (κ3) is 3.89. The van der Waals surface area contributed by atoms with Crippen molar-refractivity contribution < 1.29 is 9.59 Å². The second-order valence-electron chi connectivity index (χ2n) is 6.22. The number of nitrogens with zero attached hydrogens (tertiary/aromatic N) is 2. The van der Waals surface area contributed by atoms with E-state index in [4.69, 9.17) is 23.8 Å². The van der Waals surface area contributed by atoms with Crippen LogP contribution in [-0.4, -0.2) is 21.5 Å². The van der Waals surface area contributed by atoms with Crippen molar-refractivity contribution in [3.63, 3.8) is 0 Å². The standard InChI is InChI=1S/C21H13BrClN3O2S/c22-13-6-8-15(9-7-13)25-10-2-5-16(25)12-18-19(27)24-21(29)26(20(18)28)17-4-1-3-14(23)11-17/h1-12H,(H,24,27,29)/b18-12+. The molecule has 5 nitrogen and oxygen atoms in total. The van der Waals surface area contributed by atoms with E-state index < -0.39 is 11.8 Å². The van der Waals surface area contributed by atoms with Crippen LogP contribution in [0.25, 0.3) is 11.8 Å². The van der Waals surface area contributed by atoms with E-state index in [2.05, 4.69) is 21.2 Å². The van der Waals surface area contributed by atoms with Crippen LogP contribution in [0.1, 0.15) is 5.69 Å². The predicted molar refractivity (Wildman–Crippen MR) is 121 cm³/mol. The second-order valence-corrected chi connectivity index (χ2v) is 7.96. The first kappa shape index (κ1) is 19.6. The number of benzene rings is 2. The highest BCUT2D eigenvalue weighted by molar-refractivity contribution is 9.10. The Morgan fingerprint density at radius 2 is 1.76 bits per heavy atom. The first-order valence-corrected chi connectivity index (χ1v) is 10.1. The maximum absolute atomic E-state index is 13.1. The Bertz CT molecular complexity index is 1170. The summed E-state index contributed by atoms with van der Waals surface area (Å²) < 4.78 is 2.84. The average Bonchev–Trinajstić information content (AvgIpc) is 3.14. The quantitative estimate of drug-likeness (QED) is 0.331. The number of hydrogen-bond acceptors (Lipinski definition) is 3. The largest absolute Gasteiger partial charge is 0.317 e. The number of hydrogen-bond donors (Lipinski definition) is 1. The molecule has 0 unspecified atom stereocenters. The van der Waals surface area contributed by atoms with Crippen molar-refractivity contribution in [3.05, 3.63) is 87.6 Å². The maximum Gasteiger partial charge on any atom is 0.270 e. The minimum atomic E-state index is -0.540. The minimum absolute atomic E-state index is 0.0164. The predicted octanol–water partition coefficient (Wildman–Crippen LogP) is 4.72. The summed E-state index contributed by atoms with van der Waals surface area (Å²) in [6.07, 6.45) is 3.42. The van der Waals surface area contributed by atoms with E-state index in [1.165, 1.54) is 4.90 Å². The smallest absolute Gasteiger partial charge is 0.270 e. The lowest BCUT2D eigenvalue weighted by Crippen LogP contribution is -2.54. The molecular formula is C21H13BrClN3O2S. The van der Waals surface area contributed by atoms with Crippen LogP contribution in [0.4, 0.5) is 5.69 Å². The van der Waals surface area contributed by atoms with Gasteiger partial charge in [-0.3, -0.25) is 19.8 Å². The monoisotopic (exact) mass is 485 g/mol. The third-order valence-electron chi connectivity index (χ3n) is 4.35. The average molecular weight is 487 g/mol. The fourth-order valence-corrected chi connectivity index (χ4v) is 3.73. The number of amides is 2. The van der Waals surface area contributed by atoms with E-state index in [0.29, 0.717) is 16.4 Å². The summed E-state index contributed by atoms with van der Waals surface area (Å²) in [5, 5.41) is 3.06. The Morgan fingerprint density at radius 1 is 1.00 bits per heavy atom. The fraction of sp³-hybridized carbons (Fsp3) is 0. The molecule has 0 aliphatic carbocycles. The van der Waals surface area contributed by atoms with Gasteiger partial charge in [0.1, 0.15) is 5.57 Å². The van der Waals surface area contributed by atoms with Crippen LogP contribution in [0.15, 0.2) is 76.9 Å².